The van der Waals surface area contributed by atoms with Gasteiger partial charge in [0.1, 0.15) is 12.2 Å². The summed E-state index contributed by atoms with van der Waals surface area (Å²) in [5.41, 5.74) is 7.21. The van der Waals surface area contributed by atoms with Crippen molar-refractivity contribution in [2.45, 2.75) is 31.3 Å². The van der Waals surface area contributed by atoms with Gasteiger partial charge in [-0.2, -0.15) is 0 Å². The monoisotopic (exact) mass is 787 g/mol. The van der Waals surface area contributed by atoms with Crippen molar-refractivity contribution in [1.29, 1.82) is 0 Å². The summed E-state index contributed by atoms with van der Waals surface area (Å²) in [6.45, 7) is 2.06. The molecule has 0 saturated carbocycles. The molecule has 3 heterocycles. The van der Waals surface area contributed by atoms with Crippen molar-refractivity contribution in [3.63, 3.8) is 0 Å². The molecule has 4 amide bonds. The van der Waals surface area contributed by atoms with Crippen LogP contribution in [0.3, 0.4) is 0 Å². The molecule has 5 aromatic rings. The van der Waals surface area contributed by atoms with Crippen LogP contribution in [-0.2, 0) is 16.2 Å². The van der Waals surface area contributed by atoms with Gasteiger partial charge in [0.05, 0.1) is 17.8 Å². The molecule has 1 saturated heterocycles. The molecule has 0 aliphatic carbocycles. The summed E-state index contributed by atoms with van der Waals surface area (Å²) in [6.07, 6.45) is 3.21. The summed E-state index contributed by atoms with van der Waals surface area (Å²) in [7, 11) is 1.49. The first-order valence-corrected chi connectivity index (χ1v) is 18.6. The van der Waals surface area contributed by atoms with Crippen molar-refractivity contribution in [2.75, 3.05) is 30.0 Å². The minimum absolute atomic E-state index is 0.0642. The maximum atomic E-state index is 14.4. The zero-order valence-corrected chi connectivity index (χ0v) is 31.2. The molecular formula is C43H35BrClN3O5. The van der Waals surface area contributed by atoms with E-state index in [0.717, 1.165) is 57.7 Å². The third kappa shape index (κ3) is 6.71. The van der Waals surface area contributed by atoms with Crippen LogP contribution in [0.2, 0.25) is 5.02 Å². The number of hydrogen-bond acceptors (Lipinski definition) is 6. The minimum atomic E-state index is -0.799. The van der Waals surface area contributed by atoms with E-state index in [2.05, 4.69) is 50.4 Å². The first kappa shape index (κ1) is 34.7. The molecule has 1 N–H and O–H groups in total. The second kappa shape index (κ2) is 14.6. The number of ether oxygens (including phenoxy) is 2. The van der Waals surface area contributed by atoms with Gasteiger partial charge in [0.15, 0.2) is 11.5 Å². The van der Waals surface area contributed by atoms with Gasteiger partial charge in [-0.3, -0.25) is 14.9 Å². The lowest BCUT2D eigenvalue weighted by Gasteiger charge is -2.44. The first-order chi connectivity index (χ1) is 25.8. The summed E-state index contributed by atoms with van der Waals surface area (Å²) in [5, 5.41) is 2.65. The fraction of sp³-hybridized carbons (Fsp3) is 0.186. The number of barbiturate groups is 1. The van der Waals surface area contributed by atoms with Crippen LogP contribution in [0.4, 0.5) is 16.2 Å². The second-order valence-electron chi connectivity index (χ2n) is 13.4. The predicted octanol–water partition coefficient (Wildman–Crippen LogP) is 9.23. The molecule has 8 nitrogen and oxygen atoms in total. The Morgan fingerprint density at radius 1 is 0.830 bits per heavy atom. The standard InChI is InChI=1S/C43H35BrClN3O5/c1-52-38-22-27(21-37(45)40(38)53-25-26-12-14-30(44)15-13-26)20-36-41(49)46-43(51)48(42(36)50)31-23-34-32(28-8-4-2-5-9-28)16-18-47-19-17-33(35(24-31)39(34)47)29-10-6-3-7-11-29/h2-15,20-24,32-33H,16-19,25H2,1H3,(H,46,49,51)/b36-20+/t32-,33+. The van der Waals surface area contributed by atoms with Gasteiger partial charge >= 0.3 is 6.03 Å². The largest absolute Gasteiger partial charge is 0.493 e. The highest BCUT2D eigenvalue weighted by atomic mass is 79.9. The van der Waals surface area contributed by atoms with E-state index in [-0.39, 0.29) is 29.0 Å². The first-order valence-electron chi connectivity index (χ1n) is 17.5. The van der Waals surface area contributed by atoms with Crippen LogP contribution >= 0.6 is 27.5 Å². The summed E-state index contributed by atoms with van der Waals surface area (Å²) >= 11 is 10.1. The van der Waals surface area contributed by atoms with Crippen LogP contribution in [0.15, 0.2) is 119 Å². The van der Waals surface area contributed by atoms with Gasteiger partial charge in [-0.05, 0) is 88.7 Å². The number of methoxy groups -OCH3 is 1. The van der Waals surface area contributed by atoms with Crippen molar-refractivity contribution in [2.24, 2.45) is 0 Å². The Morgan fingerprint density at radius 2 is 1.43 bits per heavy atom. The number of urea groups is 1. The van der Waals surface area contributed by atoms with Gasteiger partial charge < -0.3 is 14.4 Å². The lowest BCUT2D eigenvalue weighted by molar-refractivity contribution is -0.122. The molecule has 0 radical (unpaired) electrons. The molecule has 53 heavy (non-hydrogen) atoms. The highest BCUT2D eigenvalue weighted by molar-refractivity contribution is 9.10. The van der Waals surface area contributed by atoms with Gasteiger partial charge in [-0.15, -0.1) is 0 Å². The van der Waals surface area contributed by atoms with Crippen LogP contribution in [0.25, 0.3) is 6.08 Å². The summed E-state index contributed by atoms with van der Waals surface area (Å²) in [4.78, 5) is 44.8. The highest BCUT2D eigenvalue weighted by Gasteiger charge is 2.40. The SMILES string of the molecule is COc1cc(/C=C2\C(=O)NC(=O)N(c3cc4c5c(c3)[C@H](c3ccccc3)CCN5CC[C@@H]4c3ccccc3)C2=O)cc(Cl)c1OCc1ccc(Br)cc1. The van der Waals surface area contributed by atoms with E-state index in [9.17, 15) is 14.4 Å². The Bertz CT molecular complexity index is 2190. The number of nitrogens with one attached hydrogen (secondary N) is 1. The topological polar surface area (TPSA) is 88.2 Å². The van der Waals surface area contributed by atoms with Crippen molar-refractivity contribution < 1.29 is 23.9 Å². The van der Waals surface area contributed by atoms with E-state index >= 15 is 0 Å². The number of halogens is 2. The Kier molecular flexibility index (Phi) is 9.53. The normalized spacial score (nSPS) is 18.8. The Morgan fingerprint density at radius 3 is 2.02 bits per heavy atom. The number of amides is 4. The Balaban J connectivity index is 1.18. The summed E-state index contributed by atoms with van der Waals surface area (Å²) in [6, 6.07) is 34.8. The third-order valence-corrected chi connectivity index (χ3v) is 11.0. The van der Waals surface area contributed by atoms with Crippen LogP contribution < -0.4 is 24.6 Å². The van der Waals surface area contributed by atoms with E-state index in [1.165, 1.54) is 24.3 Å². The summed E-state index contributed by atoms with van der Waals surface area (Å²) in [5.74, 6) is -0.739. The average molecular weight is 789 g/mol. The highest BCUT2D eigenvalue weighted by Crippen LogP contribution is 2.50. The number of hydrogen-bond donors (Lipinski definition) is 1. The fourth-order valence-corrected chi connectivity index (χ4v) is 8.26. The second-order valence-corrected chi connectivity index (χ2v) is 14.7. The lowest BCUT2D eigenvalue weighted by atomic mass is 9.76. The van der Waals surface area contributed by atoms with Crippen LogP contribution in [0.1, 0.15) is 58.1 Å². The third-order valence-electron chi connectivity index (χ3n) is 10.2. The molecule has 8 rings (SSSR count). The van der Waals surface area contributed by atoms with Crippen molar-refractivity contribution >= 4 is 62.8 Å². The van der Waals surface area contributed by atoms with Crippen molar-refractivity contribution in [1.82, 2.24) is 5.32 Å². The molecular weight excluding hydrogens is 754 g/mol. The van der Waals surface area contributed by atoms with E-state index in [0.29, 0.717) is 22.7 Å². The molecule has 5 aromatic carbocycles. The number of carbonyl (C=O) groups is 3. The fourth-order valence-electron chi connectivity index (χ4n) is 7.73. The van der Waals surface area contributed by atoms with Gasteiger partial charge in [-0.25, -0.2) is 9.69 Å². The molecule has 2 atom stereocenters. The van der Waals surface area contributed by atoms with Crippen molar-refractivity contribution in [3.8, 4) is 11.5 Å². The van der Waals surface area contributed by atoms with Gasteiger partial charge in [0.2, 0.25) is 0 Å². The molecule has 3 aliphatic rings. The van der Waals surface area contributed by atoms with Gasteiger partial charge in [0.25, 0.3) is 11.8 Å². The van der Waals surface area contributed by atoms with E-state index in [4.69, 9.17) is 21.1 Å². The number of benzene rings is 5. The minimum Gasteiger partial charge on any atom is -0.493 e. The maximum absolute atomic E-state index is 14.4. The molecule has 0 unspecified atom stereocenters. The number of imide groups is 2. The number of rotatable bonds is 8. The molecule has 0 bridgehead atoms. The summed E-state index contributed by atoms with van der Waals surface area (Å²) < 4.78 is 12.6. The zero-order valence-electron chi connectivity index (χ0n) is 28.9. The Labute approximate surface area is 321 Å². The lowest BCUT2D eigenvalue weighted by Crippen LogP contribution is -2.54. The smallest absolute Gasteiger partial charge is 0.335 e. The molecule has 10 heteroatoms. The molecule has 266 valence electrons. The van der Waals surface area contributed by atoms with Gasteiger partial charge in [-0.1, -0.05) is 100 Å². The maximum Gasteiger partial charge on any atom is 0.335 e. The Hall–Kier alpha value is -5.38. The number of nitrogens with zero attached hydrogens (tertiary/aromatic N) is 2. The average Bonchev–Trinajstić information content (AvgIpc) is 3.17. The molecule has 3 aliphatic heterocycles. The predicted molar refractivity (Wildman–Crippen MR) is 210 cm³/mol. The molecule has 0 aromatic heterocycles. The quantitative estimate of drug-likeness (QED) is 0.125. The number of anilines is 2. The van der Waals surface area contributed by atoms with Crippen LogP contribution in [-0.4, -0.2) is 38.0 Å². The van der Waals surface area contributed by atoms with E-state index in [1.807, 2.05) is 72.8 Å². The molecule has 1 fully saturated rings. The van der Waals surface area contributed by atoms with Crippen molar-refractivity contribution in [3.05, 3.63) is 158 Å². The number of carbonyl (C=O) groups excluding carboxylic acids is 3. The van der Waals surface area contributed by atoms with E-state index < -0.39 is 17.8 Å². The molecule has 0 spiro atoms. The van der Waals surface area contributed by atoms with E-state index in [1.54, 1.807) is 12.1 Å². The zero-order chi connectivity index (χ0) is 36.6. The van der Waals surface area contributed by atoms with Crippen LogP contribution in [0, 0.1) is 0 Å². The van der Waals surface area contributed by atoms with Gasteiger partial charge in [0, 0.05) is 35.1 Å². The van der Waals surface area contributed by atoms with Crippen LogP contribution in [0.5, 0.6) is 11.5 Å².